The first-order chi connectivity index (χ1) is 29.4. The highest BCUT2D eigenvalue weighted by Crippen LogP contribution is 2.26. The predicted molar refractivity (Wildman–Crippen MR) is 255 cm³/mol. The SMILES string of the molecule is CCCCCCCCCOC(CCCCCCC=O)(CCCNc1c(NCC)c(=O)c1=O)NCCCCCCCC(=O)OC(CCCCCCCC)CCCCCCCC. The molecule has 0 saturated heterocycles. The molecule has 0 saturated carbocycles. The Balaban J connectivity index is 2.69. The fourth-order valence-electron chi connectivity index (χ4n) is 8.36. The van der Waals surface area contributed by atoms with Crippen molar-refractivity contribution in [1.82, 2.24) is 5.32 Å². The number of hydrogen-bond acceptors (Lipinski definition) is 9. The maximum Gasteiger partial charge on any atom is 0.306 e. The molecular weight excluding hydrogens is 751 g/mol. The molecular formula is C51H95N3O6. The van der Waals surface area contributed by atoms with Gasteiger partial charge in [0.25, 0.3) is 10.9 Å². The minimum absolute atomic E-state index is 0.00964. The molecule has 0 spiro atoms. The molecule has 0 bridgehead atoms. The summed E-state index contributed by atoms with van der Waals surface area (Å²) in [5.74, 6) is -0.00964. The summed E-state index contributed by atoms with van der Waals surface area (Å²) in [6.07, 6.45) is 39.8. The zero-order valence-corrected chi connectivity index (χ0v) is 39.7. The van der Waals surface area contributed by atoms with E-state index in [2.05, 4.69) is 36.7 Å². The summed E-state index contributed by atoms with van der Waals surface area (Å²) < 4.78 is 12.9. The summed E-state index contributed by atoms with van der Waals surface area (Å²) >= 11 is 0. The molecule has 1 aromatic rings. The van der Waals surface area contributed by atoms with Gasteiger partial charge in [0.15, 0.2) is 0 Å². The van der Waals surface area contributed by atoms with Crippen LogP contribution in [0.1, 0.15) is 252 Å². The van der Waals surface area contributed by atoms with Crippen LogP contribution in [0.4, 0.5) is 11.4 Å². The lowest BCUT2D eigenvalue weighted by molar-refractivity contribution is -0.150. The fraction of sp³-hybridized carbons (Fsp3) is 0.882. The van der Waals surface area contributed by atoms with E-state index in [1.807, 2.05) is 6.92 Å². The van der Waals surface area contributed by atoms with Gasteiger partial charge in [-0.1, -0.05) is 156 Å². The lowest BCUT2D eigenvalue weighted by Crippen LogP contribution is -2.49. The van der Waals surface area contributed by atoms with Crippen LogP contribution in [0.15, 0.2) is 9.59 Å². The summed E-state index contributed by atoms with van der Waals surface area (Å²) in [4.78, 5) is 48.1. The average Bonchev–Trinajstić information content (AvgIpc) is 3.25. The van der Waals surface area contributed by atoms with Gasteiger partial charge in [-0.15, -0.1) is 0 Å². The number of anilines is 2. The number of nitrogens with one attached hydrogen (secondary N) is 3. The van der Waals surface area contributed by atoms with E-state index in [0.29, 0.717) is 37.3 Å². The van der Waals surface area contributed by atoms with Crippen LogP contribution in [-0.4, -0.2) is 50.3 Å². The van der Waals surface area contributed by atoms with Gasteiger partial charge in [0.2, 0.25) is 0 Å². The molecule has 350 valence electrons. The lowest BCUT2D eigenvalue weighted by atomic mass is 9.97. The van der Waals surface area contributed by atoms with Crippen molar-refractivity contribution in [2.75, 3.05) is 36.9 Å². The maximum atomic E-state index is 12.9. The largest absolute Gasteiger partial charge is 0.462 e. The first-order valence-electron chi connectivity index (χ1n) is 25.7. The van der Waals surface area contributed by atoms with Crippen molar-refractivity contribution < 1.29 is 19.1 Å². The van der Waals surface area contributed by atoms with Crippen LogP contribution < -0.4 is 26.8 Å². The summed E-state index contributed by atoms with van der Waals surface area (Å²) in [6, 6.07) is 0. The second-order valence-corrected chi connectivity index (χ2v) is 17.7. The summed E-state index contributed by atoms with van der Waals surface area (Å²) in [7, 11) is 0. The van der Waals surface area contributed by atoms with Crippen LogP contribution in [0.2, 0.25) is 0 Å². The number of ether oxygens (including phenoxy) is 2. The van der Waals surface area contributed by atoms with Gasteiger partial charge in [-0.25, -0.2) is 0 Å². The molecule has 1 unspecified atom stereocenters. The van der Waals surface area contributed by atoms with Gasteiger partial charge in [0.05, 0.1) is 0 Å². The number of carbonyl (C=O) groups is 2. The van der Waals surface area contributed by atoms with Crippen LogP contribution >= 0.6 is 0 Å². The van der Waals surface area contributed by atoms with E-state index in [1.54, 1.807) is 0 Å². The minimum Gasteiger partial charge on any atom is -0.462 e. The van der Waals surface area contributed by atoms with Gasteiger partial charge in [-0.05, 0) is 90.5 Å². The number of carbonyl (C=O) groups excluding carboxylic acids is 2. The normalized spacial score (nSPS) is 12.6. The molecule has 1 rings (SSSR count). The molecule has 9 nitrogen and oxygen atoms in total. The van der Waals surface area contributed by atoms with E-state index in [9.17, 15) is 19.2 Å². The monoisotopic (exact) mass is 846 g/mol. The maximum absolute atomic E-state index is 12.9. The first kappa shape index (κ1) is 55.8. The quantitative estimate of drug-likeness (QED) is 0.0193. The van der Waals surface area contributed by atoms with Gasteiger partial charge >= 0.3 is 5.97 Å². The molecule has 1 atom stereocenters. The average molecular weight is 846 g/mol. The predicted octanol–water partition coefficient (Wildman–Crippen LogP) is 13.3. The number of esters is 1. The van der Waals surface area contributed by atoms with Crippen molar-refractivity contribution in [3.63, 3.8) is 0 Å². The molecule has 3 N–H and O–H groups in total. The topological polar surface area (TPSA) is 123 Å². The number of aldehydes is 1. The zero-order chi connectivity index (χ0) is 43.8. The fourth-order valence-corrected chi connectivity index (χ4v) is 8.36. The summed E-state index contributed by atoms with van der Waals surface area (Å²) in [5.41, 5.74) is -0.513. The van der Waals surface area contributed by atoms with E-state index in [4.69, 9.17) is 9.47 Å². The minimum atomic E-state index is -0.460. The zero-order valence-electron chi connectivity index (χ0n) is 39.7. The van der Waals surface area contributed by atoms with Gasteiger partial charge in [-0.2, -0.15) is 0 Å². The third kappa shape index (κ3) is 28.4. The Hall–Kier alpha value is -2.26. The Morgan fingerprint density at radius 2 is 1.03 bits per heavy atom. The van der Waals surface area contributed by atoms with Crippen LogP contribution in [0.25, 0.3) is 0 Å². The molecule has 0 aliphatic heterocycles. The van der Waals surface area contributed by atoms with Crippen LogP contribution in [-0.2, 0) is 19.1 Å². The van der Waals surface area contributed by atoms with E-state index in [1.165, 1.54) is 103 Å². The van der Waals surface area contributed by atoms with Gasteiger partial charge in [0, 0.05) is 32.5 Å². The number of hydrogen-bond donors (Lipinski definition) is 3. The molecule has 0 aliphatic rings. The molecule has 9 heteroatoms. The Labute approximate surface area is 368 Å². The van der Waals surface area contributed by atoms with Crippen molar-refractivity contribution in [1.29, 1.82) is 0 Å². The number of unbranched alkanes of at least 4 members (excludes halogenated alkanes) is 24. The second kappa shape index (κ2) is 39.6. The van der Waals surface area contributed by atoms with Crippen molar-refractivity contribution in [2.45, 2.75) is 264 Å². The van der Waals surface area contributed by atoms with Crippen LogP contribution in [0.5, 0.6) is 0 Å². The van der Waals surface area contributed by atoms with Gasteiger partial charge < -0.3 is 24.9 Å². The Morgan fingerprint density at radius 3 is 1.62 bits per heavy atom. The molecule has 0 heterocycles. The van der Waals surface area contributed by atoms with Crippen LogP contribution in [0.3, 0.4) is 0 Å². The molecule has 0 aliphatic carbocycles. The van der Waals surface area contributed by atoms with E-state index in [0.717, 1.165) is 129 Å². The van der Waals surface area contributed by atoms with E-state index < -0.39 is 16.6 Å². The first-order valence-corrected chi connectivity index (χ1v) is 25.7. The highest BCUT2D eigenvalue weighted by atomic mass is 16.5. The van der Waals surface area contributed by atoms with E-state index >= 15 is 0 Å². The molecule has 0 amide bonds. The summed E-state index contributed by atoms with van der Waals surface area (Å²) in [5, 5.41) is 10.2. The third-order valence-electron chi connectivity index (χ3n) is 12.2. The Bertz CT molecular complexity index is 1200. The lowest BCUT2D eigenvalue weighted by Gasteiger charge is -2.36. The smallest absolute Gasteiger partial charge is 0.306 e. The van der Waals surface area contributed by atoms with Gasteiger partial charge in [-0.3, -0.25) is 19.7 Å². The summed E-state index contributed by atoms with van der Waals surface area (Å²) in [6.45, 7) is 11.5. The molecule has 60 heavy (non-hydrogen) atoms. The molecule has 0 fully saturated rings. The molecule has 0 aromatic heterocycles. The van der Waals surface area contributed by atoms with Gasteiger partial charge in [0.1, 0.15) is 29.5 Å². The Morgan fingerprint density at radius 1 is 0.550 bits per heavy atom. The Kier molecular flexibility index (Phi) is 36.8. The number of rotatable bonds is 47. The molecule has 0 radical (unpaired) electrons. The second-order valence-electron chi connectivity index (χ2n) is 17.7. The van der Waals surface area contributed by atoms with Crippen molar-refractivity contribution >= 4 is 23.6 Å². The third-order valence-corrected chi connectivity index (χ3v) is 12.2. The van der Waals surface area contributed by atoms with Crippen molar-refractivity contribution in [2.24, 2.45) is 0 Å². The molecule has 1 aromatic carbocycles. The van der Waals surface area contributed by atoms with Crippen molar-refractivity contribution in [3.8, 4) is 0 Å². The highest BCUT2D eigenvalue weighted by molar-refractivity contribution is 5.73. The standard InChI is InChI=1S/C51H95N3O6/c1-5-9-12-15-18-27-34-44-59-51(39-31-24-20-26-33-43-55,40-35-41-53-48-47(52-8-4)49(57)50(48)58)54-42-32-25-19-23-30-38-46(56)60-45(36-28-21-16-13-10-6-2)37-29-22-17-14-11-7-3/h43,45,52-54H,5-42,44H2,1-4H3. The van der Waals surface area contributed by atoms with Crippen LogP contribution in [0, 0.1) is 0 Å². The van der Waals surface area contributed by atoms with Crippen molar-refractivity contribution in [3.05, 3.63) is 20.4 Å². The highest BCUT2D eigenvalue weighted by Gasteiger charge is 2.30. The van der Waals surface area contributed by atoms with E-state index in [-0.39, 0.29) is 12.1 Å².